The molecule has 1 saturated heterocycles. The van der Waals surface area contributed by atoms with Gasteiger partial charge in [-0.3, -0.25) is 4.79 Å². The van der Waals surface area contributed by atoms with Gasteiger partial charge in [0.25, 0.3) is 0 Å². The molecular formula is C16H22N2O. The molecule has 1 aromatic carbocycles. The smallest absolute Gasteiger partial charge is 0.233 e. The molecule has 1 aliphatic carbocycles. The van der Waals surface area contributed by atoms with Crippen LogP contribution in [0.15, 0.2) is 24.3 Å². The van der Waals surface area contributed by atoms with Crippen LogP contribution >= 0.6 is 0 Å². The number of benzene rings is 1. The molecule has 0 unspecified atom stereocenters. The highest BCUT2D eigenvalue weighted by molar-refractivity contribution is 5.91. The van der Waals surface area contributed by atoms with Gasteiger partial charge in [-0.05, 0) is 37.8 Å². The lowest BCUT2D eigenvalue weighted by molar-refractivity contribution is -0.135. The fourth-order valence-corrected chi connectivity index (χ4v) is 3.25. The number of aryl methyl sites for hydroxylation is 1. The minimum Gasteiger partial charge on any atom is -0.339 e. The molecule has 3 nitrogen and oxygen atoms in total. The van der Waals surface area contributed by atoms with Crippen LogP contribution in [-0.4, -0.2) is 36.5 Å². The molecule has 1 aromatic rings. The zero-order valence-corrected chi connectivity index (χ0v) is 11.8. The Balaban J connectivity index is 1.85. The van der Waals surface area contributed by atoms with Crippen molar-refractivity contribution >= 4 is 5.91 Å². The van der Waals surface area contributed by atoms with Crippen LogP contribution in [0.5, 0.6) is 0 Å². The molecule has 1 aliphatic heterocycles. The first kappa shape index (κ1) is 12.7. The van der Waals surface area contributed by atoms with Crippen molar-refractivity contribution in [3.05, 3.63) is 35.4 Å². The number of hydrogen-bond donors (Lipinski definition) is 1. The molecule has 1 N–H and O–H groups in total. The van der Waals surface area contributed by atoms with E-state index < -0.39 is 0 Å². The second-order valence-electron chi connectivity index (χ2n) is 6.00. The zero-order valence-electron chi connectivity index (χ0n) is 11.8. The summed E-state index contributed by atoms with van der Waals surface area (Å²) >= 11 is 0. The number of hydrogen-bond acceptors (Lipinski definition) is 2. The third kappa shape index (κ3) is 2.16. The van der Waals surface area contributed by atoms with Crippen molar-refractivity contribution in [1.29, 1.82) is 0 Å². The third-order valence-electron chi connectivity index (χ3n) is 4.48. The lowest BCUT2D eigenvalue weighted by atomic mass is 9.90. The van der Waals surface area contributed by atoms with E-state index in [0.717, 1.165) is 32.5 Å². The average molecular weight is 258 g/mol. The van der Waals surface area contributed by atoms with Crippen molar-refractivity contribution in [3.63, 3.8) is 0 Å². The molecule has 102 valence electrons. The molecule has 19 heavy (non-hydrogen) atoms. The monoisotopic (exact) mass is 258 g/mol. The Morgan fingerprint density at radius 1 is 1.37 bits per heavy atom. The van der Waals surface area contributed by atoms with Gasteiger partial charge < -0.3 is 10.2 Å². The number of nitrogens with one attached hydrogen (secondary N) is 1. The molecule has 1 atom stereocenters. The van der Waals surface area contributed by atoms with Gasteiger partial charge in [0, 0.05) is 25.7 Å². The lowest BCUT2D eigenvalue weighted by Crippen LogP contribution is -2.53. The van der Waals surface area contributed by atoms with Gasteiger partial charge in [0.15, 0.2) is 0 Å². The minimum atomic E-state index is -0.206. The highest BCUT2D eigenvalue weighted by Gasteiger charge is 2.53. The van der Waals surface area contributed by atoms with Crippen molar-refractivity contribution in [2.45, 2.75) is 38.1 Å². The van der Waals surface area contributed by atoms with Gasteiger partial charge in [0.1, 0.15) is 0 Å². The molecule has 0 bridgehead atoms. The summed E-state index contributed by atoms with van der Waals surface area (Å²) in [5.41, 5.74) is 2.28. The summed E-state index contributed by atoms with van der Waals surface area (Å²) in [6.07, 6.45) is 2.02. The largest absolute Gasteiger partial charge is 0.339 e. The van der Waals surface area contributed by atoms with E-state index in [-0.39, 0.29) is 5.41 Å². The van der Waals surface area contributed by atoms with E-state index in [9.17, 15) is 4.79 Å². The maximum absolute atomic E-state index is 12.9. The van der Waals surface area contributed by atoms with E-state index in [2.05, 4.69) is 42.3 Å². The Bertz CT molecular complexity index is 493. The fourth-order valence-electron chi connectivity index (χ4n) is 3.25. The van der Waals surface area contributed by atoms with Gasteiger partial charge in [-0.25, -0.2) is 0 Å². The van der Waals surface area contributed by atoms with E-state index in [1.165, 1.54) is 11.1 Å². The van der Waals surface area contributed by atoms with E-state index in [4.69, 9.17) is 0 Å². The number of carbonyl (C=O) groups is 1. The van der Waals surface area contributed by atoms with Crippen molar-refractivity contribution in [1.82, 2.24) is 10.2 Å². The molecule has 2 fully saturated rings. The van der Waals surface area contributed by atoms with Crippen molar-refractivity contribution in [2.75, 3.05) is 19.6 Å². The van der Waals surface area contributed by atoms with E-state index in [1.807, 2.05) is 6.07 Å². The second kappa shape index (κ2) is 4.64. The quantitative estimate of drug-likeness (QED) is 0.878. The van der Waals surface area contributed by atoms with Gasteiger partial charge in [-0.1, -0.05) is 24.3 Å². The Kier molecular flexibility index (Phi) is 3.09. The van der Waals surface area contributed by atoms with Crippen LogP contribution in [0.4, 0.5) is 0 Å². The third-order valence-corrected chi connectivity index (χ3v) is 4.48. The minimum absolute atomic E-state index is 0.206. The molecule has 1 amide bonds. The number of rotatable bonds is 2. The Morgan fingerprint density at radius 3 is 2.74 bits per heavy atom. The van der Waals surface area contributed by atoms with Gasteiger partial charge in [-0.15, -0.1) is 0 Å². The average Bonchev–Trinajstić information content (AvgIpc) is 3.20. The topological polar surface area (TPSA) is 32.3 Å². The lowest BCUT2D eigenvalue weighted by Gasteiger charge is -2.35. The molecule has 3 rings (SSSR count). The predicted octanol–water partition coefficient (Wildman–Crippen LogP) is 1.85. The summed E-state index contributed by atoms with van der Waals surface area (Å²) in [7, 11) is 0. The molecule has 0 aromatic heterocycles. The maximum atomic E-state index is 12.9. The summed E-state index contributed by atoms with van der Waals surface area (Å²) in [4.78, 5) is 14.9. The normalized spacial score (nSPS) is 25.2. The number of amides is 1. The van der Waals surface area contributed by atoms with Crippen LogP contribution in [0, 0.1) is 6.92 Å². The number of nitrogens with zero attached hydrogens (tertiary/aromatic N) is 1. The SMILES string of the molecule is Cc1ccccc1C1(C(=O)N2CCN[C@H](C)C2)CC1. The van der Waals surface area contributed by atoms with E-state index >= 15 is 0 Å². The predicted molar refractivity (Wildman–Crippen MR) is 76.1 cm³/mol. The molecule has 0 spiro atoms. The van der Waals surface area contributed by atoms with Crippen LogP contribution in [0.2, 0.25) is 0 Å². The summed E-state index contributed by atoms with van der Waals surface area (Å²) in [6.45, 7) is 6.86. The highest BCUT2D eigenvalue weighted by atomic mass is 16.2. The maximum Gasteiger partial charge on any atom is 0.233 e. The molecule has 0 radical (unpaired) electrons. The van der Waals surface area contributed by atoms with E-state index in [0.29, 0.717) is 11.9 Å². The molecule has 3 heteroatoms. The number of carbonyl (C=O) groups excluding carboxylic acids is 1. The zero-order chi connectivity index (χ0) is 13.5. The Labute approximate surface area is 115 Å². The van der Waals surface area contributed by atoms with Crippen molar-refractivity contribution < 1.29 is 4.79 Å². The molecule has 1 heterocycles. The summed E-state index contributed by atoms with van der Waals surface area (Å²) in [6, 6.07) is 8.75. The van der Waals surface area contributed by atoms with E-state index in [1.54, 1.807) is 0 Å². The Morgan fingerprint density at radius 2 is 2.11 bits per heavy atom. The van der Waals surface area contributed by atoms with Crippen LogP contribution in [0.25, 0.3) is 0 Å². The molecule has 1 saturated carbocycles. The highest BCUT2D eigenvalue weighted by Crippen LogP contribution is 2.50. The number of piperazine rings is 1. The van der Waals surface area contributed by atoms with Gasteiger partial charge in [-0.2, -0.15) is 0 Å². The second-order valence-corrected chi connectivity index (χ2v) is 6.00. The summed E-state index contributed by atoms with van der Waals surface area (Å²) in [5, 5.41) is 3.40. The van der Waals surface area contributed by atoms with Crippen LogP contribution in [0.3, 0.4) is 0 Å². The van der Waals surface area contributed by atoms with Gasteiger partial charge in [0.2, 0.25) is 5.91 Å². The first-order valence-electron chi connectivity index (χ1n) is 7.22. The van der Waals surface area contributed by atoms with Crippen LogP contribution in [0.1, 0.15) is 30.9 Å². The summed E-state index contributed by atoms with van der Waals surface area (Å²) < 4.78 is 0. The van der Waals surface area contributed by atoms with Gasteiger partial charge in [0.05, 0.1) is 5.41 Å². The first-order chi connectivity index (χ1) is 9.13. The fraction of sp³-hybridized carbons (Fsp3) is 0.562. The summed E-state index contributed by atoms with van der Waals surface area (Å²) in [5.74, 6) is 0.343. The van der Waals surface area contributed by atoms with Crippen molar-refractivity contribution in [2.24, 2.45) is 0 Å². The molecule has 2 aliphatic rings. The standard InChI is InChI=1S/C16H22N2O/c1-12-5-3-4-6-14(12)16(7-8-16)15(19)18-10-9-17-13(2)11-18/h3-6,13,17H,7-11H2,1-2H3/t13-/m1/s1. The van der Waals surface area contributed by atoms with Gasteiger partial charge >= 0.3 is 0 Å². The Hall–Kier alpha value is -1.35. The van der Waals surface area contributed by atoms with Crippen LogP contribution in [-0.2, 0) is 10.2 Å². The molecular weight excluding hydrogens is 236 g/mol. The van der Waals surface area contributed by atoms with Crippen molar-refractivity contribution in [3.8, 4) is 0 Å². The first-order valence-corrected chi connectivity index (χ1v) is 7.22. The van der Waals surface area contributed by atoms with Crippen LogP contribution < -0.4 is 5.32 Å².